The summed E-state index contributed by atoms with van der Waals surface area (Å²) in [6, 6.07) is 14.0. The first-order valence-corrected chi connectivity index (χ1v) is 16.1. The molecular formula is C37H47FN4O4. The number of aromatic nitrogens is 3. The highest BCUT2D eigenvalue weighted by molar-refractivity contribution is 5.78. The van der Waals surface area contributed by atoms with Crippen LogP contribution in [0.5, 0.6) is 0 Å². The number of benzene rings is 2. The monoisotopic (exact) mass is 630 g/mol. The van der Waals surface area contributed by atoms with Crippen molar-refractivity contribution in [3.63, 3.8) is 0 Å². The number of nitrogens with zero attached hydrogens (tertiary/aromatic N) is 4. The van der Waals surface area contributed by atoms with Gasteiger partial charge >= 0.3 is 5.97 Å². The van der Waals surface area contributed by atoms with Crippen LogP contribution in [-0.4, -0.2) is 48.3 Å². The van der Waals surface area contributed by atoms with Crippen molar-refractivity contribution in [2.45, 2.75) is 90.2 Å². The third-order valence-corrected chi connectivity index (χ3v) is 7.91. The van der Waals surface area contributed by atoms with Crippen molar-refractivity contribution in [2.75, 3.05) is 6.54 Å². The summed E-state index contributed by atoms with van der Waals surface area (Å²) in [7, 11) is 0. The number of carboxylic acid groups (broad SMARTS) is 1. The van der Waals surface area contributed by atoms with Gasteiger partial charge in [0.1, 0.15) is 18.5 Å². The van der Waals surface area contributed by atoms with E-state index in [0.29, 0.717) is 37.8 Å². The third kappa shape index (κ3) is 13.3. The summed E-state index contributed by atoms with van der Waals surface area (Å²) in [5.74, 6) is -1.17. The molecule has 0 spiro atoms. The molecule has 0 aliphatic rings. The zero-order valence-corrected chi connectivity index (χ0v) is 26.9. The molecule has 0 radical (unpaired) electrons. The Morgan fingerprint density at radius 3 is 2.28 bits per heavy atom. The Morgan fingerprint density at radius 2 is 1.63 bits per heavy atom. The van der Waals surface area contributed by atoms with Gasteiger partial charge in [0.25, 0.3) is 0 Å². The average Bonchev–Trinajstić information content (AvgIpc) is 3.57. The maximum atomic E-state index is 13.6. The van der Waals surface area contributed by atoms with Gasteiger partial charge in [-0.3, -0.25) is 14.3 Å². The number of rotatable bonds is 21. The van der Waals surface area contributed by atoms with Gasteiger partial charge in [0.15, 0.2) is 0 Å². The molecule has 3 rings (SSSR count). The first-order chi connectivity index (χ1) is 22.2. The number of hydrogen-bond donors (Lipinski definition) is 2. The fourth-order valence-electron chi connectivity index (χ4n) is 5.15. The van der Waals surface area contributed by atoms with Crippen LogP contribution < -0.4 is 0 Å². The molecule has 1 amide bonds. The molecule has 0 aliphatic heterocycles. The molecule has 1 heterocycles. The van der Waals surface area contributed by atoms with Crippen LogP contribution in [0.2, 0.25) is 0 Å². The summed E-state index contributed by atoms with van der Waals surface area (Å²) in [5, 5.41) is 23.5. The van der Waals surface area contributed by atoms with Gasteiger partial charge in [-0.25, -0.2) is 9.37 Å². The molecule has 9 heteroatoms. The molecule has 246 valence electrons. The Balaban J connectivity index is 1.62. The SMILES string of the molecule is C=C/C(=C\C=C(/C)CCCCn1cncn1)N(CCc1ccc(CCCCC(=O)O)cc1)C(=O)CCCC(O)c1ccc(F)cc1. The van der Waals surface area contributed by atoms with Crippen LogP contribution in [0.4, 0.5) is 4.39 Å². The fourth-order valence-corrected chi connectivity index (χ4v) is 5.15. The minimum absolute atomic E-state index is 0.0496. The zero-order valence-electron chi connectivity index (χ0n) is 26.9. The number of hydrogen-bond acceptors (Lipinski definition) is 5. The molecule has 1 aromatic heterocycles. The standard InChI is InChI=1S/C37H47FN4O4/c1-3-34(23-14-29(2)9-6-7-25-41-28-39-27-40-41)42(36(44)12-8-11-35(43)32-19-21-33(38)22-20-32)26-24-31-17-15-30(16-18-31)10-4-5-13-37(45)46/h3,14-23,27-28,35,43H,1,4-13,24-26H2,2H3,(H,45,46)/b29-14+,34-23+. The van der Waals surface area contributed by atoms with E-state index in [1.54, 1.807) is 29.4 Å². The van der Waals surface area contributed by atoms with Gasteiger partial charge < -0.3 is 15.1 Å². The molecule has 2 N–H and O–H groups in total. The lowest BCUT2D eigenvalue weighted by molar-refractivity contribution is -0.137. The second kappa shape index (κ2) is 19.9. The minimum atomic E-state index is -0.769. The highest BCUT2D eigenvalue weighted by Gasteiger charge is 2.17. The highest BCUT2D eigenvalue weighted by atomic mass is 19.1. The lowest BCUT2D eigenvalue weighted by atomic mass is 10.0. The van der Waals surface area contributed by atoms with Gasteiger partial charge in [0, 0.05) is 31.6 Å². The normalized spacial score (nSPS) is 12.6. The number of aliphatic carboxylic acids is 1. The van der Waals surface area contributed by atoms with Crippen LogP contribution in [-0.2, 0) is 29.0 Å². The highest BCUT2D eigenvalue weighted by Crippen LogP contribution is 2.21. The van der Waals surface area contributed by atoms with Crippen LogP contribution in [0.3, 0.4) is 0 Å². The van der Waals surface area contributed by atoms with Crippen LogP contribution in [0.15, 0.2) is 97.3 Å². The van der Waals surface area contributed by atoms with E-state index in [2.05, 4.69) is 47.9 Å². The molecule has 0 saturated carbocycles. The van der Waals surface area contributed by atoms with Crippen molar-refractivity contribution >= 4 is 11.9 Å². The number of unbranched alkanes of at least 4 members (excludes halogenated alkanes) is 2. The molecule has 0 aliphatic carbocycles. The third-order valence-electron chi connectivity index (χ3n) is 7.91. The number of aryl methyl sites for hydroxylation is 2. The Hall–Kier alpha value is -4.37. The van der Waals surface area contributed by atoms with Gasteiger partial charge in [-0.1, -0.05) is 54.6 Å². The first-order valence-electron chi connectivity index (χ1n) is 16.1. The van der Waals surface area contributed by atoms with Crippen molar-refractivity contribution in [1.82, 2.24) is 19.7 Å². The van der Waals surface area contributed by atoms with Crippen LogP contribution >= 0.6 is 0 Å². The van der Waals surface area contributed by atoms with Crippen molar-refractivity contribution in [3.05, 3.63) is 120 Å². The van der Waals surface area contributed by atoms with E-state index < -0.39 is 12.1 Å². The number of aliphatic hydroxyl groups excluding tert-OH is 1. The number of allylic oxidation sites excluding steroid dienone is 4. The fraction of sp³-hybridized carbons (Fsp3) is 0.405. The number of carbonyl (C=O) groups is 2. The number of aliphatic hydroxyl groups is 1. The molecule has 0 fully saturated rings. The van der Waals surface area contributed by atoms with E-state index in [1.165, 1.54) is 24.0 Å². The number of carbonyl (C=O) groups excluding carboxylic acids is 1. The quantitative estimate of drug-likeness (QED) is 0.0940. The summed E-state index contributed by atoms with van der Waals surface area (Å²) in [4.78, 5) is 30.1. The van der Waals surface area contributed by atoms with E-state index in [9.17, 15) is 19.1 Å². The molecule has 1 atom stereocenters. The second-order valence-electron chi connectivity index (χ2n) is 11.6. The predicted molar refractivity (Wildman–Crippen MR) is 178 cm³/mol. The molecule has 2 aromatic carbocycles. The van der Waals surface area contributed by atoms with E-state index in [-0.39, 0.29) is 24.6 Å². The molecule has 0 saturated heterocycles. The second-order valence-corrected chi connectivity index (χ2v) is 11.6. The summed E-state index contributed by atoms with van der Waals surface area (Å²) in [6.45, 7) is 7.38. The largest absolute Gasteiger partial charge is 0.481 e. The van der Waals surface area contributed by atoms with Crippen LogP contribution in [0.1, 0.15) is 87.5 Å². The van der Waals surface area contributed by atoms with E-state index in [4.69, 9.17) is 5.11 Å². The number of carboxylic acids is 1. The van der Waals surface area contributed by atoms with Gasteiger partial charge in [-0.2, -0.15) is 5.10 Å². The van der Waals surface area contributed by atoms with Crippen molar-refractivity contribution < 1.29 is 24.2 Å². The summed E-state index contributed by atoms with van der Waals surface area (Å²) >= 11 is 0. The smallest absolute Gasteiger partial charge is 0.303 e. The van der Waals surface area contributed by atoms with Crippen LogP contribution in [0, 0.1) is 5.82 Å². The average molecular weight is 631 g/mol. The molecule has 0 bridgehead atoms. The first kappa shape index (κ1) is 36.1. The Kier molecular flexibility index (Phi) is 15.6. The van der Waals surface area contributed by atoms with Gasteiger partial charge in [0.2, 0.25) is 5.91 Å². The maximum absolute atomic E-state index is 13.6. The lowest BCUT2D eigenvalue weighted by Crippen LogP contribution is -2.31. The van der Waals surface area contributed by atoms with E-state index in [0.717, 1.165) is 55.5 Å². The summed E-state index contributed by atoms with van der Waals surface area (Å²) in [6.07, 6.45) is 15.4. The van der Waals surface area contributed by atoms with Crippen LogP contribution in [0.25, 0.3) is 0 Å². The summed E-state index contributed by atoms with van der Waals surface area (Å²) < 4.78 is 15.1. The Morgan fingerprint density at radius 1 is 0.935 bits per heavy atom. The predicted octanol–water partition coefficient (Wildman–Crippen LogP) is 7.38. The Bertz CT molecular complexity index is 1420. The van der Waals surface area contributed by atoms with Gasteiger partial charge in [-0.05, 0) is 106 Å². The zero-order chi connectivity index (χ0) is 33.1. The molecular weight excluding hydrogens is 583 g/mol. The van der Waals surface area contributed by atoms with Gasteiger partial charge in [-0.15, -0.1) is 0 Å². The summed E-state index contributed by atoms with van der Waals surface area (Å²) in [5.41, 5.74) is 4.81. The molecule has 46 heavy (non-hydrogen) atoms. The van der Waals surface area contributed by atoms with Crippen molar-refractivity contribution in [2.24, 2.45) is 0 Å². The number of halogens is 1. The van der Waals surface area contributed by atoms with Gasteiger partial charge in [0.05, 0.1) is 6.10 Å². The number of amides is 1. The molecule has 1 unspecified atom stereocenters. The van der Waals surface area contributed by atoms with E-state index >= 15 is 0 Å². The van der Waals surface area contributed by atoms with Crippen molar-refractivity contribution in [1.29, 1.82) is 0 Å². The minimum Gasteiger partial charge on any atom is -0.481 e. The van der Waals surface area contributed by atoms with Crippen molar-refractivity contribution in [3.8, 4) is 0 Å². The Labute approximate surface area is 272 Å². The van der Waals surface area contributed by atoms with E-state index in [1.807, 2.05) is 16.8 Å². The lowest BCUT2D eigenvalue weighted by Gasteiger charge is -2.24. The molecule has 8 nitrogen and oxygen atoms in total. The maximum Gasteiger partial charge on any atom is 0.303 e. The topological polar surface area (TPSA) is 109 Å². The molecule has 3 aromatic rings.